The van der Waals surface area contributed by atoms with Crippen LogP contribution in [-0.2, 0) is 16.6 Å². The fourth-order valence-electron chi connectivity index (χ4n) is 2.87. The van der Waals surface area contributed by atoms with Gasteiger partial charge in [-0.05, 0) is 43.4 Å². The lowest BCUT2D eigenvalue weighted by Gasteiger charge is -2.34. The van der Waals surface area contributed by atoms with Crippen LogP contribution in [0.5, 0.6) is 0 Å². The van der Waals surface area contributed by atoms with Gasteiger partial charge < -0.3 is 5.73 Å². The molecule has 0 aliphatic carbocycles. The summed E-state index contributed by atoms with van der Waals surface area (Å²) in [5.74, 6) is 0. The van der Waals surface area contributed by atoms with Gasteiger partial charge in [-0.1, -0.05) is 25.5 Å². The Morgan fingerprint density at radius 1 is 1.35 bits per heavy atom. The Kier molecular flexibility index (Phi) is 4.83. The topological polar surface area (TPSA) is 63.4 Å². The van der Waals surface area contributed by atoms with Crippen molar-refractivity contribution in [1.29, 1.82) is 0 Å². The second-order valence-corrected chi connectivity index (χ2v) is 7.34. The molecule has 1 fully saturated rings. The van der Waals surface area contributed by atoms with Crippen LogP contribution in [-0.4, -0.2) is 25.3 Å². The smallest absolute Gasteiger partial charge is 0.243 e. The van der Waals surface area contributed by atoms with Crippen LogP contribution in [0.4, 0.5) is 0 Å². The molecule has 2 N–H and O–H groups in total. The quantitative estimate of drug-likeness (QED) is 0.928. The minimum Gasteiger partial charge on any atom is -0.326 e. The van der Waals surface area contributed by atoms with Crippen molar-refractivity contribution >= 4 is 10.0 Å². The van der Waals surface area contributed by atoms with Crippen LogP contribution in [0.2, 0.25) is 0 Å². The number of aryl methyl sites for hydroxylation is 1. The lowest BCUT2D eigenvalue weighted by molar-refractivity contribution is 0.246. The molecule has 1 heterocycles. The second kappa shape index (κ2) is 6.24. The molecule has 0 aromatic heterocycles. The van der Waals surface area contributed by atoms with Crippen LogP contribution in [0, 0.1) is 6.92 Å². The molecule has 5 heteroatoms. The molecular weight excluding hydrogens is 272 g/mol. The number of hydrogen-bond donors (Lipinski definition) is 1. The summed E-state index contributed by atoms with van der Waals surface area (Å²) in [4.78, 5) is 0.417. The zero-order chi connectivity index (χ0) is 14.8. The van der Waals surface area contributed by atoms with Gasteiger partial charge in [-0.3, -0.25) is 0 Å². The molecule has 1 atom stereocenters. The molecule has 1 aromatic rings. The summed E-state index contributed by atoms with van der Waals surface area (Å²) in [5, 5.41) is 0. The Balaban J connectivity index is 2.43. The van der Waals surface area contributed by atoms with Gasteiger partial charge in [0.2, 0.25) is 10.0 Å². The lowest BCUT2D eigenvalue weighted by Crippen LogP contribution is -2.43. The summed E-state index contributed by atoms with van der Waals surface area (Å²) >= 11 is 0. The first-order chi connectivity index (χ1) is 9.50. The summed E-state index contributed by atoms with van der Waals surface area (Å²) in [5.41, 5.74) is 7.29. The fraction of sp³-hybridized carbons (Fsp3) is 0.600. The zero-order valence-electron chi connectivity index (χ0n) is 12.3. The number of nitrogens with zero attached hydrogens (tertiary/aromatic N) is 1. The maximum atomic E-state index is 12.9. The monoisotopic (exact) mass is 296 g/mol. The van der Waals surface area contributed by atoms with E-state index in [9.17, 15) is 8.42 Å². The van der Waals surface area contributed by atoms with Gasteiger partial charge in [0.15, 0.2) is 0 Å². The third-order valence-electron chi connectivity index (χ3n) is 4.12. The van der Waals surface area contributed by atoms with Gasteiger partial charge in [0.1, 0.15) is 0 Å². The van der Waals surface area contributed by atoms with Crippen LogP contribution in [0.3, 0.4) is 0 Å². The summed E-state index contributed by atoms with van der Waals surface area (Å²) in [7, 11) is -3.41. The highest BCUT2D eigenvalue weighted by atomic mass is 32.2. The first-order valence-corrected chi connectivity index (χ1v) is 8.76. The molecule has 1 saturated heterocycles. The van der Waals surface area contributed by atoms with Gasteiger partial charge >= 0.3 is 0 Å². The predicted molar refractivity (Wildman–Crippen MR) is 80.9 cm³/mol. The minimum absolute atomic E-state index is 0.134. The first-order valence-electron chi connectivity index (χ1n) is 7.32. The van der Waals surface area contributed by atoms with Crippen molar-refractivity contribution in [3.63, 3.8) is 0 Å². The fourth-order valence-corrected chi connectivity index (χ4v) is 4.92. The summed E-state index contributed by atoms with van der Waals surface area (Å²) < 4.78 is 27.6. The lowest BCUT2D eigenvalue weighted by atomic mass is 10.0. The van der Waals surface area contributed by atoms with Crippen molar-refractivity contribution in [3.8, 4) is 0 Å². The van der Waals surface area contributed by atoms with E-state index in [0.717, 1.165) is 36.8 Å². The second-order valence-electron chi connectivity index (χ2n) is 5.48. The zero-order valence-corrected chi connectivity index (χ0v) is 13.1. The molecule has 4 nitrogen and oxygen atoms in total. The molecule has 0 amide bonds. The standard InChI is InChI=1S/C15H24N2O2S/c1-3-14-6-4-5-9-17(14)20(18,19)15-10-13(11-16)8-7-12(15)2/h7-8,10,14H,3-6,9,11,16H2,1-2H3. The van der Waals surface area contributed by atoms with E-state index in [1.807, 2.05) is 19.1 Å². The van der Waals surface area contributed by atoms with Crippen molar-refractivity contribution < 1.29 is 8.42 Å². The van der Waals surface area contributed by atoms with Crippen molar-refractivity contribution in [2.24, 2.45) is 5.73 Å². The Hall–Kier alpha value is -0.910. The summed E-state index contributed by atoms with van der Waals surface area (Å²) in [6.07, 6.45) is 3.90. The highest BCUT2D eigenvalue weighted by Crippen LogP contribution is 2.29. The molecule has 0 bridgehead atoms. The predicted octanol–water partition coefficient (Wildman–Crippen LogP) is 2.41. The van der Waals surface area contributed by atoms with E-state index in [1.54, 1.807) is 10.4 Å². The Bertz CT molecular complexity index is 569. The van der Waals surface area contributed by atoms with Crippen LogP contribution < -0.4 is 5.73 Å². The minimum atomic E-state index is -3.41. The van der Waals surface area contributed by atoms with E-state index in [1.165, 1.54) is 0 Å². The highest BCUT2D eigenvalue weighted by molar-refractivity contribution is 7.89. The third kappa shape index (κ3) is 2.90. The SMILES string of the molecule is CCC1CCCCN1S(=O)(=O)c1cc(CN)ccc1C. The van der Waals surface area contributed by atoms with Gasteiger partial charge in [0.05, 0.1) is 4.90 Å². The van der Waals surface area contributed by atoms with Crippen molar-refractivity contribution in [2.75, 3.05) is 6.54 Å². The Morgan fingerprint density at radius 3 is 2.75 bits per heavy atom. The Labute approximate surface area is 122 Å². The van der Waals surface area contributed by atoms with Crippen LogP contribution in [0.15, 0.2) is 23.1 Å². The van der Waals surface area contributed by atoms with E-state index in [-0.39, 0.29) is 6.04 Å². The number of benzene rings is 1. The molecule has 1 aliphatic heterocycles. The molecule has 1 aliphatic rings. The van der Waals surface area contributed by atoms with Gasteiger partial charge in [0, 0.05) is 19.1 Å². The van der Waals surface area contributed by atoms with E-state index in [2.05, 4.69) is 6.92 Å². The third-order valence-corrected chi connectivity index (χ3v) is 6.21. The average Bonchev–Trinajstić information content (AvgIpc) is 2.47. The average molecular weight is 296 g/mol. The molecule has 112 valence electrons. The van der Waals surface area contributed by atoms with Gasteiger partial charge in [-0.15, -0.1) is 0 Å². The van der Waals surface area contributed by atoms with Crippen molar-refractivity contribution in [2.45, 2.75) is 57.0 Å². The molecule has 0 radical (unpaired) electrons. The van der Waals surface area contributed by atoms with Gasteiger partial charge in [0.25, 0.3) is 0 Å². The maximum absolute atomic E-state index is 12.9. The number of piperidine rings is 1. The maximum Gasteiger partial charge on any atom is 0.243 e. The molecule has 20 heavy (non-hydrogen) atoms. The molecule has 2 rings (SSSR count). The van der Waals surface area contributed by atoms with Crippen molar-refractivity contribution in [1.82, 2.24) is 4.31 Å². The molecule has 1 aromatic carbocycles. The number of nitrogens with two attached hydrogens (primary N) is 1. The molecule has 0 saturated carbocycles. The highest BCUT2D eigenvalue weighted by Gasteiger charge is 2.33. The van der Waals surface area contributed by atoms with E-state index in [0.29, 0.717) is 18.0 Å². The normalized spacial score (nSPS) is 21.1. The van der Waals surface area contributed by atoms with E-state index >= 15 is 0 Å². The number of hydrogen-bond acceptors (Lipinski definition) is 3. The van der Waals surface area contributed by atoms with Gasteiger partial charge in [-0.2, -0.15) is 4.31 Å². The summed E-state index contributed by atoms with van der Waals surface area (Å²) in [6, 6.07) is 5.60. The van der Waals surface area contributed by atoms with Crippen molar-refractivity contribution in [3.05, 3.63) is 29.3 Å². The summed E-state index contributed by atoms with van der Waals surface area (Å²) in [6.45, 7) is 4.90. The molecule has 1 unspecified atom stereocenters. The van der Waals surface area contributed by atoms with Crippen LogP contribution in [0.25, 0.3) is 0 Å². The molecule has 0 spiro atoms. The van der Waals surface area contributed by atoms with E-state index in [4.69, 9.17) is 5.73 Å². The van der Waals surface area contributed by atoms with Gasteiger partial charge in [-0.25, -0.2) is 8.42 Å². The Morgan fingerprint density at radius 2 is 2.10 bits per heavy atom. The van der Waals surface area contributed by atoms with Crippen LogP contribution in [0.1, 0.15) is 43.7 Å². The van der Waals surface area contributed by atoms with Crippen LogP contribution >= 0.6 is 0 Å². The largest absolute Gasteiger partial charge is 0.326 e. The number of sulfonamides is 1. The number of rotatable bonds is 4. The first kappa shape index (κ1) is 15.5. The molecular formula is C15H24N2O2S. The van der Waals surface area contributed by atoms with E-state index < -0.39 is 10.0 Å².